The second kappa shape index (κ2) is 9.02. The van der Waals surface area contributed by atoms with Crippen LogP contribution in [0.5, 0.6) is 5.75 Å². The Bertz CT molecular complexity index is 719. The number of nitrogens with one attached hydrogen (secondary N) is 2. The van der Waals surface area contributed by atoms with Gasteiger partial charge in [-0.1, -0.05) is 11.6 Å². The highest BCUT2D eigenvalue weighted by atomic mass is 35.5. The van der Waals surface area contributed by atoms with E-state index in [4.69, 9.17) is 16.3 Å². The quantitative estimate of drug-likeness (QED) is 0.710. The number of aryl methyl sites for hydroxylation is 1. The molecular formula is C18H24ClN5O2. The van der Waals surface area contributed by atoms with Crippen molar-refractivity contribution in [3.05, 3.63) is 47.5 Å². The molecule has 0 aliphatic carbocycles. The first kappa shape index (κ1) is 18.7. The summed E-state index contributed by atoms with van der Waals surface area (Å²) in [6.45, 7) is 3.69. The van der Waals surface area contributed by atoms with E-state index < -0.39 is 0 Å². The number of rotatable bonds is 7. The number of carbonyl (C=O) groups excluding carboxylic acids is 1. The Labute approximate surface area is 158 Å². The third-order valence-corrected chi connectivity index (χ3v) is 4.62. The fourth-order valence-corrected chi connectivity index (χ4v) is 3.14. The van der Waals surface area contributed by atoms with Gasteiger partial charge in [0.05, 0.1) is 19.1 Å². The Balaban J connectivity index is 1.44. The molecular weight excluding hydrogens is 354 g/mol. The average molecular weight is 378 g/mol. The van der Waals surface area contributed by atoms with Crippen LogP contribution in [0.2, 0.25) is 5.02 Å². The standard InChI is InChI=1S/C18H24ClN5O2/c1-23-9-7-22-18(23)16-12-20-6-10-24(16)13-17(25)21-8-11-26-15-4-2-14(19)3-5-15/h2-5,7,9,16,20H,6,8,10-13H2,1H3,(H,21,25). The molecule has 3 rings (SSSR count). The molecule has 0 saturated carbocycles. The van der Waals surface area contributed by atoms with Gasteiger partial charge in [-0.25, -0.2) is 4.98 Å². The Kier molecular flexibility index (Phi) is 6.49. The molecule has 1 aromatic carbocycles. The van der Waals surface area contributed by atoms with Crippen LogP contribution in [0, 0.1) is 0 Å². The van der Waals surface area contributed by atoms with Crippen LogP contribution in [-0.4, -0.2) is 59.7 Å². The maximum atomic E-state index is 12.3. The minimum Gasteiger partial charge on any atom is -0.492 e. The normalized spacial score (nSPS) is 17.8. The van der Waals surface area contributed by atoms with Crippen LogP contribution >= 0.6 is 11.6 Å². The number of ether oxygens (including phenoxy) is 1. The Morgan fingerprint density at radius 1 is 1.42 bits per heavy atom. The zero-order valence-electron chi connectivity index (χ0n) is 14.8. The first-order valence-corrected chi connectivity index (χ1v) is 9.08. The number of benzene rings is 1. The van der Waals surface area contributed by atoms with Gasteiger partial charge >= 0.3 is 0 Å². The van der Waals surface area contributed by atoms with Crippen LogP contribution in [0.15, 0.2) is 36.7 Å². The molecule has 1 aromatic heterocycles. The molecule has 1 atom stereocenters. The Morgan fingerprint density at radius 2 is 2.23 bits per heavy atom. The van der Waals surface area contributed by atoms with E-state index in [-0.39, 0.29) is 11.9 Å². The van der Waals surface area contributed by atoms with Crippen molar-refractivity contribution in [1.82, 2.24) is 25.1 Å². The van der Waals surface area contributed by atoms with Crippen molar-refractivity contribution in [3.8, 4) is 5.75 Å². The van der Waals surface area contributed by atoms with E-state index in [1.807, 2.05) is 29.9 Å². The van der Waals surface area contributed by atoms with Crippen molar-refractivity contribution in [3.63, 3.8) is 0 Å². The van der Waals surface area contributed by atoms with Crippen LogP contribution in [0.3, 0.4) is 0 Å². The van der Waals surface area contributed by atoms with E-state index in [1.165, 1.54) is 0 Å². The number of amides is 1. The number of nitrogens with zero attached hydrogens (tertiary/aromatic N) is 3. The van der Waals surface area contributed by atoms with Crippen LogP contribution in [0.1, 0.15) is 11.9 Å². The minimum atomic E-state index is -0.00850. The lowest BCUT2D eigenvalue weighted by Gasteiger charge is -2.35. The smallest absolute Gasteiger partial charge is 0.234 e. The lowest BCUT2D eigenvalue weighted by molar-refractivity contribution is -0.123. The monoisotopic (exact) mass is 377 g/mol. The van der Waals surface area contributed by atoms with Crippen LogP contribution < -0.4 is 15.4 Å². The van der Waals surface area contributed by atoms with Crippen LogP contribution in [-0.2, 0) is 11.8 Å². The summed E-state index contributed by atoms with van der Waals surface area (Å²) in [5, 5.41) is 6.95. The number of carbonyl (C=O) groups is 1. The molecule has 1 saturated heterocycles. The Hall–Kier alpha value is -2.09. The average Bonchev–Trinajstić information content (AvgIpc) is 3.06. The largest absolute Gasteiger partial charge is 0.492 e. The summed E-state index contributed by atoms with van der Waals surface area (Å²) in [4.78, 5) is 18.9. The predicted molar refractivity (Wildman–Crippen MR) is 100 cm³/mol. The molecule has 0 bridgehead atoms. The first-order chi connectivity index (χ1) is 12.6. The van der Waals surface area contributed by atoms with E-state index in [2.05, 4.69) is 20.5 Å². The van der Waals surface area contributed by atoms with E-state index >= 15 is 0 Å². The summed E-state index contributed by atoms with van der Waals surface area (Å²) >= 11 is 5.84. The number of imidazole rings is 1. The van der Waals surface area contributed by atoms with Crippen molar-refractivity contribution in [1.29, 1.82) is 0 Å². The van der Waals surface area contributed by atoms with Gasteiger partial charge in [0.2, 0.25) is 5.91 Å². The van der Waals surface area contributed by atoms with Crippen molar-refractivity contribution in [2.45, 2.75) is 6.04 Å². The second-order valence-electron chi connectivity index (χ2n) is 6.24. The van der Waals surface area contributed by atoms with Crippen molar-refractivity contribution in [2.24, 2.45) is 7.05 Å². The number of piperazine rings is 1. The first-order valence-electron chi connectivity index (χ1n) is 8.70. The summed E-state index contributed by atoms with van der Waals surface area (Å²) in [5.74, 6) is 1.70. The fraction of sp³-hybridized carbons (Fsp3) is 0.444. The topological polar surface area (TPSA) is 71.4 Å². The van der Waals surface area contributed by atoms with Crippen LogP contribution in [0.25, 0.3) is 0 Å². The molecule has 7 nitrogen and oxygen atoms in total. The van der Waals surface area contributed by atoms with Crippen molar-refractivity contribution in [2.75, 3.05) is 39.3 Å². The third-order valence-electron chi connectivity index (χ3n) is 4.36. The summed E-state index contributed by atoms with van der Waals surface area (Å²) in [6.07, 6.45) is 3.71. The molecule has 0 radical (unpaired) electrons. The highest BCUT2D eigenvalue weighted by Crippen LogP contribution is 2.19. The maximum absolute atomic E-state index is 12.3. The molecule has 2 aromatic rings. The molecule has 2 heterocycles. The minimum absolute atomic E-state index is 0.00850. The molecule has 1 unspecified atom stereocenters. The van der Waals surface area contributed by atoms with E-state index in [1.54, 1.807) is 18.3 Å². The number of hydrogen-bond donors (Lipinski definition) is 2. The number of hydrogen-bond acceptors (Lipinski definition) is 5. The zero-order valence-corrected chi connectivity index (χ0v) is 15.6. The SMILES string of the molecule is Cn1ccnc1C1CNCCN1CC(=O)NCCOc1ccc(Cl)cc1. The Morgan fingerprint density at radius 3 is 2.96 bits per heavy atom. The zero-order chi connectivity index (χ0) is 18.4. The summed E-state index contributed by atoms with van der Waals surface area (Å²) in [5.41, 5.74) is 0. The van der Waals surface area contributed by atoms with Gasteiger partial charge in [-0.3, -0.25) is 9.69 Å². The van der Waals surface area contributed by atoms with Gasteiger partial charge in [0, 0.05) is 44.1 Å². The van der Waals surface area contributed by atoms with Gasteiger partial charge in [-0.2, -0.15) is 0 Å². The second-order valence-corrected chi connectivity index (χ2v) is 6.68. The predicted octanol–water partition coefficient (Wildman–Crippen LogP) is 1.22. The van der Waals surface area contributed by atoms with E-state index in [0.29, 0.717) is 24.7 Å². The lowest BCUT2D eigenvalue weighted by Crippen LogP contribution is -2.50. The molecule has 0 spiro atoms. The fourth-order valence-electron chi connectivity index (χ4n) is 3.02. The van der Waals surface area contributed by atoms with Gasteiger partial charge in [0.25, 0.3) is 0 Å². The molecule has 1 aliphatic rings. The molecule has 1 amide bonds. The third kappa shape index (κ3) is 4.97. The molecule has 1 fully saturated rings. The summed E-state index contributed by atoms with van der Waals surface area (Å²) in [6, 6.07) is 7.26. The molecule has 8 heteroatoms. The molecule has 26 heavy (non-hydrogen) atoms. The summed E-state index contributed by atoms with van der Waals surface area (Å²) < 4.78 is 7.59. The van der Waals surface area contributed by atoms with Crippen molar-refractivity contribution >= 4 is 17.5 Å². The van der Waals surface area contributed by atoms with Gasteiger partial charge in [0.1, 0.15) is 18.2 Å². The van der Waals surface area contributed by atoms with Gasteiger partial charge < -0.3 is 19.9 Å². The molecule has 1 aliphatic heterocycles. The molecule has 2 N–H and O–H groups in total. The number of aromatic nitrogens is 2. The highest BCUT2D eigenvalue weighted by molar-refractivity contribution is 6.30. The highest BCUT2D eigenvalue weighted by Gasteiger charge is 2.27. The van der Waals surface area contributed by atoms with Crippen LogP contribution in [0.4, 0.5) is 0 Å². The summed E-state index contributed by atoms with van der Waals surface area (Å²) in [7, 11) is 1.98. The lowest BCUT2D eigenvalue weighted by atomic mass is 10.1. The van der Waals surface area contributed by atoms with E-state index in [0.717, 1.165) is 31.2 Å². The van der Waals surface area contributed by atoms with Gasteiger partial charge in [0.15, 0.2) is 0 Å². The van der Waals surface area contributed by atoms with Gasteiger partial charge in [-0.05, 0) is 24.3 Å². The number of halogens is 1. The van der Waals surface area contributed by atoms with Gasteiger partial charge in [-0.15, -0.1) is 0 Å². The maximum Gasteiger partial charge on any atom is 0.234 e. The molecule has 140 valence electrons. The van der Waals surface area contributed by atoms with Crippen molar-refractivity contribution < 1.29 is 9.53 Å². The van der Waals surface area contributed by atoms with E-state index in [9.17, 15) is 4.79 Å².